The van der Waals surface area contributed by atoms with E-state index in [2.05, 4.69) is 12.2 Å². The summed E-state index contributed by atoms with van der Waals surface area (Å²) in [5.74, 6) is 1.55. The van der Waals surface area contributed by atoms with Crippen LogP contribution in [0, 0.1) is 5.92 Å². The normalized spacial score (nSPS) is 25.1. The molecule has 0 saturated carbocycles. The first-order valence-electron chi connectivity index (χ1n) is 9.33. The number of carbonyl (C=O) groups excluding carboxylic acids is 2. The summed E-state index contributed by atoms with van der Waals surface area (Å²) < 4.78 is 11.5. The van der Waals surface area contributed by atoms with Crippen molar-refractivity contribution in [3.63, 3.8) is 0 Å². The number of nitrogens with zero attached hydrogens (tertiary/aromatic N) is 2. The Balaban J connectivity index is 1.31. The number of allylic oxidation sites excluding steroid dienone is 2. The lowest BCUT2D eigenvalue weighted by Gasteiger charge is -2.38. The molecule has 0 bridgehead atoms. The monoisotopic (exact) mass is 356 g/mol. The summed E-state index contributed by atoms with van der Waals surface area (Å²) in [5, 5.41) is 0. The van der Waals surface area contributed by atoms with Gasteiger partial charge in [-0.25, -0.2) is 0 Å². The topological polar surface area (TPSA) is 59.1 Å². The van der Waals surface area contributed by atoms with E-state index in [1.165, 1.54) is 0 Å². The predicted octanol–water partition coefficient (Wildman–Crippen LogP) is 1.85. The SMILES string of the molecule is O=C([C@@H]1CC=CCC1)N1CCN(C(=O)[C@H]2COc3ccccc3O2)CC1. The van der Waals surface area contributed by atoms with Crippen molar-refractivity contribution in [2.75, 3.05) is 32.8 Å². The molecule has 138 valence electrons. The molecule has 2 amide bonds. The van der Waals surface area contributed by atoms with Crippen LogP contribution in [0.2, 0.25) is 0 Å². The maximum absolute atomic E-state index is 12.7. The molecule has 6 nitrogen and oxygen atoms in total. The molecule has 2 atom stereocenters. The molecule has 0 aromatic heterocycles. The number of amides is 2. The molecule has 1 fully saturated rings. The number of carbonyl (C=O) groups is 2. The maximum Gasteiger partial charge on any atom is 0.267 e. The standard InChI is InChI=1S/C20H24N2O4/c23-19(15-6-2-1-3-7-15)21-10-12-22(13-11-21)20(24)18-14-25-16-8-4-5-9-17(16)26-18/h1-2,4-5,8-9,15,18H,3,6-7,10-14H2/t15-,18-/m1/s1. The fourth-order valence-corrected chi connectivity index (χ4v) is 3.77. The van der Waals surface area contributed by atoms with Crippen LogP contribution in [0.4, 0.5) is 0 Å². The molecule has 2 aliphatic heterocycles. The van der Waals surface area contributed by atoms with Gasteiger partial charge >= 0.3 is 0 Å². The number of para-hydroxylation sites is 2. The number of benzene rings is 1. The van der Waals surface area contributed by atoms with Gasteiger partial charge in [0, 0.05) is 32.1 Å². The Kier molecular flexibility index (Phi) is 4.82. The fourth-order valence-electron chi connectivity index (χ4n) is 3.77. The summed E-state index contributed by atoms with van der Waals surface area (Å²) in [6, 6.07) is 7.38. The van der Waals surface area contributed by atoms with Gasteiger partial charge in [-0.05, 0) is 31.4 Å². The Labute approximate surface area is 153 Å². The van der Waals surface area contributed by atoms with Crippen LogP contribution in [0.25, 0.3) is 0 Å². The molecule has 0 radical (unpaired) electrons. The highest BCUT2D eigenvalue weighted by atomic mass is 16.6. The van der Waals surface area contributed by atoms with E-state index in [-0.39, 0.29) is 24.3 Å². The molecule has 1 saturated heterocycles. The summed E-state index contributed by atoms with van der Waals surface area (Å²) in [6.45, 7) is 2.51. The molecule has 4 rings (SSSR count). The van der Waals surface area contributed by atoms with E-state index in [1.807, 2.05) is 29.2 Å². The van der Waals surface area contributed by atoms with Gasteiger partial charge in [-0.15, -0.1) is 0 Å². The number of rotatable bonds is 2. The van der Waals surface area contributed by atoms with E-state index in [9.17, 15) is 9.59 Å². The third-order valence-corrected chi connectivity index (χ3v) is 5.31. The van der Waals surface area contributed by atoms with Crippen molar-refractivity contribution in [2.24, 2.45) is 5.92 Å². The zero-order chi connectivity index (χ0) is 17.9. The van der Waals surface area contributed by atoms with Crippen LogP contribution in [-0.4, -0.2) is 60.5 Å². The Hall–Kier alpha value is -2.50. The number of hydrogen-bond donors (Lipinski definition) is 0. The quantitative estimate of drug-likeness (QED) is 0.759. The minimum absolute atomic E-state index is 0.0628. The van der Waals surface area contributed by atoms with E-state index >= 15 is 0 Å². The molecule has 1 aromatic rings. The summed E-state index contributed by atoms with van der Waals surface area (Å²) in [6.07, 6.45) is 6.38. The lowest BCUT2D eigenvalue weighted by Crippen LogP contribution is -2.55. The van der Waals surface area contributed by atoms with Crippen molar-refractivity contribution < 1.29 is 19.1 Å². The largest absolute Gasteiger partial charge is 0.485 e. The Morgan fingerprint density at radius 1 is 0.923 bits per heavy atom. The first-order valence-corrected chi connectivity index (χ1v) is 9.33. The molecule has 2 heterocycles. The molecule has 0 spiro atoms. The Morgan fingerprint density at radius 2 is 1.62 bits per heavy atom. The van der Waals surface area contributed by atoms with Gasteiger partial charge in [0.2, 0.25) is 12.0 Å². The Bertz CT molecular complexity index is 710. The first-order chi connectivity index (χ1) is 12.7. The van der Waals surface area contributed by atoms with E-state index in [1.54, 1.807) is 4.90 Å². The predicted molar refractivity (Wildman–Crippen MR) is 96.0 cm³/mol. The highest BCUT2D eigenvalue weighted by molar-refractivity contribution is 5.83. The third kappa shape index (κ3) is 3.41. The van der Waals surface area contributed by atoms with E-state index in [0.29, 0.717) is 37.7 Å². The molecule has 6 heteroatoms. The van der Waals surface area contributed by atoms with Crippen molar-refractivity contribution in [3.05, 3.63) is 36.4 Å². The molecule has 3 aliphatic rings. The van der Waals surface area contributed by atoms with Crippen molar-refractivity contribution >= 4 is 11.8 Å². The van der Waals surface area contributed by atoms with Gasteiger partial charge in [0.25, 0.3) is 5.91 Å². The van der Waals surface area contributed by atoms with Gasteiger partial charge < -0.3 is 19.3 Å². The van der Waals surface area contributed by atoms with Crippen LogP contribution >= 0.6 is 0 Å². The zero-order valence-electron chi connectivity index (χ0n) is 14.8. The fraction of sp³-hybridized carbons (Fsp3) is 0.500. The van der Waals surface area contributed by atoms with Crippen molar-refractivity contribution in [3.8, 4) is 11.5 Å². The van der Waals surface area contributed by atoms with Crippen LogP contribution in [0.3, 0.4) is 0 Å². The van der Waals surface area contributed by atoms with Crippen LogP contribution in [0.15, 0.2) is 36.4 Å². The van der Waals surface area contributed by atoms with Crippen molar-refractivity contribution in [1.82, 2.24) is 9.80 Å². The third-order valence-electron chi connectivity index (χ3n) is 5.31. The number of ether oxygens (including phenoxy) is 2. The lowest BCUT2D eigenvalue weighted by molar-refractivity contribution is -0.147. The summed E-state index contributed by atoms with van der Waals surface area (Å²) in [7, 11) is 0. The Morgan fingerprint density at radius 3 is 2.31 bits per heavy atom. The van der Waals surface area contributed by atoms with Gasteiger partial charge in [0.1, 0.15) is 6.61 Å². The smallest absolute Gasteiger partial charge is 0.267 e. The average molecular weight is 356 g/mol. The van der Waals surface area contributed by atoms with Gasteiger partial charge in [0.15, 0.2) is 11.5 Å². The van der Waals surface area contributed by atoms with Gasteiger partial charge in [-0.2, -0.15) is 0 Å². The van der Waals surface area contributed by atoms with Gasteiger partial charge in [0.05, 0.1) is 0 Å². The van der Waals surface area contributed by atoms with Gasteiger partial charge in [-0.3, -0.25) is 9.59 Å². The van der Waals surface area contributed by atoms with E-state index in [4.69, 9.17) is 9.47 Å². The highest BCUT2D eigenvalue weighted by Gasteiger charge is 2.34. The second-order valence-corrected chi connectivity index (χ2v) is 7.00. The second kappa shape index (κ2) is 7.40. The molecule has 26 heavy (non-hydrogen) atoms. The maximum atomic E-state index is 12.7. The molecule has 1 aliphatic carbocycles. The zero-order valence-corrected chi connectivity index (χ0v) is 14.8. The minimum Gasteiger partial charge on any atom is -0.485 e. The van der Waals surface area contributed by atoms with Crippen LogP contribution in [-0.2, 0) is 9.59 Å². The van der Waals surface area contributed by atoms with Crippen molar-refractivity contribution in [1.29, 1.82) is 0 Å². The summed E-state index contributed by atoms with van der Waals surface area (Å²) >= 11 is 0. The van der Waals surface area contributed by atoms with Crippen LogP contribution < -0.4 is 9.47 Å². The molecular weight excluding hydrogens is 332 g/mol. The van der Waals surface area contributed by atoms with Gasteiger partial charge in [-0.1, -0.05) is 24.3 Å². The summed E-state index contributed by atoms with van der Waals surface area (Å²) in [5.41, 5.74) is 0. The summed E-state index contributed by atoms with van der Waals surface area (Å²) in [4.78, 5) is 29.1. The number of hydrogen-bond acceptors (Lipinski definition) is 4. The van der Waals surface area contributed by atoms with E-state index < -0.39 is 6.10 Å². The molecule has 0 N–H and O–H groups in total. The lowest BCUT2D eigenvalue weighted by atomic mass is 9.93. The van der Waals surface area contributed by atoms with E-state index in [0.717, 1.165) is 19.3 Å². The number of piperazine rings is 1. The molecule has 0 unspecified atom stereocenters. The molecular formula is C20H24N2O4. The highest BCUT2D eigenvalue weighted by Crippen LogP contribution is 2.31. The molecule has 1 aromatic carbocycles. The van der Waals surface area contributed by atoms with Crippen LogP contribution in [0.1, 0.15) is 19.3 Å². The average Bonchev–Trinajstić information content (AvgIpc) is 2.73. The number of fused-ring (bicyclic) bond motifs is 1. The first kappa shape index (κ1) is 16.9. The second-order valence-electron chi connectivity index (χ2n) is 7.00. The minimum atomic E-state index is -0.615. The van der Waals surface area contributed by atoms with Crippen molar-refractivity contribution in [2.45, 2.75) is 25.4 Å². The van der Waals surface area contributed by atoms with Crippen LogP contribution in [0.5, 0.6) is 11.5 Å².